The Bertz CT molecular complexity index is 989. The summed E-state index contributed by atoms with van der Waals surface area (Å²) in [6.07, 6.45) is 6.92. The lowest BCUT2D eigenvalue weighted by molar-refractivity contribution is -0.142. The summed E-state index contributed by atoms with van der Waals surface area (Å²) in [5.41, 5.74) is 7.32. The van der Waals surface area contributed by atoms with Crippen molar-refractivity contribution in [3.05, 3.63) is 34.9 Å². The molecule has 4 N–H and O–H groups in total. The molecule has 0 bridgehead atoms. The van der Waals surface area contributed by atoms with E-state index in [0.717, 1.165) is 61.6 Å². The fourth-order valence-electron chi connectivity index (χ4n) is 4.69. The van der Waals surface area contributed by atoms with Crippen molar-refractivity contribution in [1.82, 2.24) is 15.5 Å². The van der Waals surface area contributed by atoms with E-state index in [2.05, 4.69) is 17.6 Å². The van der Waals surface area contributed by atoms with Gasteiger partial charge in [0, 0.05) is 19.5 Å². The zero-order valence-corrected chi connectivity index (χ0v) is 26.4. The first-order chi connectivity index (χ1) is 19.3. The number of carbonyl (C=O) groups excluding carboxylic acids is 4. The number of hydrogen-bond donors (Lipinski definition) is 3. The van der Waals surface area contributed by atoms with E-state index >= 15 is 0 Å². The van der Waals surface area contributed by atoms with Gasteiger partial charge in [-0.1, -0.05) is 76.1 Å². The average Bonchev–Trinajstić information content (AvgIpc) is 2.87. The summed E-state index contributed by atoms with van der Waals surface area (Å²) in [6, 6.07) is 3.85. The number of primary amides is 1. The van der Waals surface area contributed by atoms with Crippen LogP contribution in [0.2, 0.25) is 0 Å². The van der Waals surface area contributed by atoms with Gasteiger partial charge in [-0.25, -0.2) is 4.79 Å². The Morgan fingerprint density at radius 3 is 2.17 bits per heavy atom. The van der Waals surface area contributed by atoms with Crippen molar-refractivity contribution < 1.29 is 23.9 Å². The highest BCUT2D eigenvalue weighted by Crippen LogP contribution is 2.28. The minimum absolute atomic E-state index is 0.00252. The molecule has 0 aliphatic heterocycles. The summed E-state index contributed by atoms with van der Waals surface area (Å²) in [6.45, 7) is 14.1. The molecule has 0 aromatic heterocycles. The Morgan fingerprint density at radius 1 is 0.951 bits per heavy atom. The van der Waals surface area contributed by atoms with Gasteiger partial charge in [-0.15, -0.1) is 0 Å². The standard InChI is InChI=1S/C32H54N4O5/c1-8-10-12-13-14-15-21-36(30(39)26(18-19-27(33)37)35-31(40)41-32(5,6)7)28(29(38)34-20-11-9-2)25-17-16-23(3)22-24(25)4/h16-17,22,26,28H,8-15,18-21H2,1-7H3,(H2,33,37)(H,34,38)(H,35,40). The Labute approximate surface area is 247 Å². The van der Waals surface area contributed by atoms with Crippen molar-refractivity contribution in [2.75, 3.05) is 13.1 Å². The maximum atomic E-state index is 14.3. The van der Waals surface area contributed by atoms with Crippen LogP contribution in [0, 0.1) is 13.8 Å². The van der Waals surface area contributed by atoms with Gasteiger partial charge >= 0.3 is 6.09 Å². The zero-order valence-electron chi connectivity index (χ0n) is 26.4. The Morgan fingerprint density at radius 2 is 1.59 bits per heavy atom. The molecule has 1 rings (SSSR count). The lowest BCUT2D eigenvalue weighted by atomic mass is 9.95. The minimum Gasteiger partial charge on any atom is -0.444 e. The molecule has 1 aromatic rings. The number of hydrogen-bond acceptors (Lipinski definition) is 5. The highest BCUT2D eigenvalue weighted by atomic mass is 16.6. The van der Waals surface area contributed by atoms with Crippen LogP contribution in [0.5, 0.6) is 0 Å². The van der Waals surface area contributed by atoms with Crippen molar-refractivity contribution in [1.29, 1.82) is 0 Å². The number of nitrogens with one attached hydrogen (secondary N) is 2. The third-order valence-electron chi connectivity index (χ3n) is 6.81. The third kappa shape index (κ3) is 13.9. The summed E-state index contributed by atoms with van der Waals surface area (Å²) in [5.74, 6) is -1.29. The Balaban J connectivity index is 3.50. The van der Waals surface area contributed by atoms with Crippen molar-refractivity contribution in [2.45, 2.75) is 130 Å². The van der Waals surface area contributed by atoms with E-state index in [-0.39, 0.29) is 18.7 Å². The number of ether oxygens (including phenoxy) is 1. The van der Waals surface area contributed by atoms with Crippen molar-refractivity contribution in [3.63, 3.8) is 0 Å². The van der Waals surface area contributed by atoms with Crippen LogP contribution in [0.1, 0.15) is 122 Å². The van der Waals surface area contributed by atoms with Crippen LogP contribution < -0.4 is 16.4 Å². The van der Waals surface area contributed by atoms with Crippen LogP contribution in [0.25, 0.3) is 0 Å². The van der Waals surface area contributed by atoms with Gasteiger partial charge in [0.25, 0.3) is 0 Å². The number of aryl methyl sites for hydroxylation is 2. The molecule has 2 unspecified atom stereocenters. The molecule has 232 valence electrons. The molecule has 2 atom stereocenters. The number of alkyl carbamates (subject to hydrolysis) is 1. The number of rotatable bonds is 18. The first-order valence-electron chi connectivity index (χ1n) is 15.2. The number of unbranched alkanes of at least 4 members (excludes halogenated alkanes) is 6. The molecule has 0 saturated heterocycles. The fourth-order valence-corrected chi connectivity index (χ4v) is 4.69. The van der Waals surface area contributed by atoms with Gasteiger partial charge in [-0.2, -0.15) is 0 Å². The van der Waals surface area contributed by atoms with Crippen LogP contribution in [-0.4, -0.2) is 53.4 Å². The molecule has 0 aliphatic rings. The van der Waals surface area contributed by atoms with E-state index in [4.69, 9.17) is 10.5 Å². The molecule has 0 saturated carbocycles. The summed E-state index contributed by atoms with van der Waals surface area (Å²) in [7, 11) is 0. The molecule has 9 nitrogen and oxygen atoms in total. The van der Waals surface area contributed by atoms with Crippen LogP contribution in [0.3, 0.4) is 0 Å². The van der Waals surface area contributed by atoms with Crippen LogP contribution in [-0.2, 0) is 19.1 Å². The van der Waals surface area contributed by atoms with Crippen LogP contribution >= 0.6 is 0 Å². The SMILES string of the molecule is CCCCCCCCN(C(=O)C(CCC(N)=O)NC(=O)OC(C)(C)C)C(C(=O)NCCCC)c1ccc(C)cc1C. The molecule has 4 amide bonds. The predicted octanol–water partition coefficient (Wildman–Crippen LogP) is 5.61. The van der Waals surface area contributed by atoms with Gasteiger partial charge in [-0.05, 0) is 65.0 Å². The maximum absolute atomic E-state index is 14.3. The molecule has 41 heavy (non-hydrogen) atoms. The lowest BCUT2D eigenvalue weighted by Gasteiger charge is -2.35. The second kappa shape index (κ2) is 18.4. The molecule has 0 fully saturated rings. The summed E-state index contributed by atoms with van der Waals surface area (Å²) in [4.78, 5) is 54.1. The monoisotopic (exact) mass is 574 g/mol. The van der Waals surface area contributed by atoms with Crippen LogP contribution in [0.4, 0.5) is 4.79 Å². The molecule has 9 heteroatoms. The quantitative estimate of drug-likeness (QED) is 0.196. The number of nitrogens with two attached hydrogens (primary N) is 1. The summed E-state index contributed by atoms with van der Waals surface area (Å²) < 4.78 is 5.42. The van der Waals surface area contributed by atoms with Gasteiger partial charge in [0.05, 0.1) is 0 Å². The topological polar surface area (TPSA) is 131 Å². The van der Waals surface area contributed by atoms with Gasteiger partial charge in [0.2, 0.25) is 17.7 Å². The Hall–Kier alpha value is -3.10. The van der Waals surface area contributed by atoms with Gasteiger partial charge in [0.15, 0.2) is 0 Å². The zero-order chi connectivity index (χ0) is 31.0. The van der Waals surface area contributed by atoms with Crippen molar-refractivity contribution >= 4 is 23.8 Å². The van der Waals surface area contributed by atoms with Crippen LogP contribution in [0.15, 0.2) is 18.2 Å². The molecule has 0 spiro atoms. The summed E-state index contributed by atoms with van der Waals surface area (Å²) in [5, 5.41) is 5.68. The van der Waals surface area contributed by atoms with Gasteiger partial charge in [0.1, 0.15) is 17.7 Å². The lowest BCUT2D eigenvalue weighted by Crippen LogP contribution is -2.53. The predicted molar refractivity (Wildman–Crippen MR) is 163 cm³/mol. The molecule has 1 aromatic carbocycles. The van der Waals surface area contributed by atoms with Gasteiger partial charge < -0.3 is 26.0 Å². The van der Waals surface area contributed by atoms with Gasteiger partial charge in [-0.3, -0.25) is 14.4 Å². The largest absolute Gasteiger partial charge is 0.444 e. The molecule has 0 heterocycles. The molecule has 0 radical (unpaired) electrons. The first kappa shape index (κ1) is 35.9. The fraction of sp³-hybridized carbons (Fsp3) is 0.688. The highest BCUT2D eigenvalue weighted by molar-refractivity contribution is 5.92. The van der Waals surface area contributed by atoms with E-state index < -0.39 is 35.6 Å². The number of benzene rings is 1. The molecule has 0 aliphatic carbocycles. The van der Waals surface area contributed by atoms with E-state index in [0.29, 0.717) is 19.5 Å². The molecular formula is C32H54N4O5. The average molecular weight is 575 g/mol. The smallest absolute Gasteiger partial charge is 0.408 e. The van der Waals surface area contributed by atoms with E-state index in [1.807, 2.05) is 39.0 Å². The highest BCUT2D eigenvalue weighted by Gasteiger charge is 2.36. The number of nitrogens with zero attached hydrogens (tertiary/aromatic N) is 1. The van der Waals surface area contributed by atoms with Crippen molar-refractivity contribution in [2.24, 2.45) is 5.73 Å². The summed E-state index contributed by atoms with van der Waals surface area (Å²) >= 11 is 0. The van der Waals surface area contributed by atoms with Crippen molar-refractivity contribution in [3.8, 4) is 0 Å². The third-order valence-corrected chi connectivity index (χ3v) is 6.81. The van der Waals surface area contributed by atoms with E-state index in [1.165, 1.54) is 0 Å². The first-order valence-corrected chi connectivity index (χ1v) is 15.2. The van der Waals surface area contributed by atoms with E-state index in [9.17, 15) is 19.2 Å². The maximum Gasteiger partial charge on any atom is 0.408 e. The minimum atomic E-state index is -1.09. The number of carbonyl (C=O) groups is 4. The van der Waals surface area contributed by atoms with E-state index in [1.54, 1.807) is 25.7 Å². The molecular weight excluding hydrogens is 520 g/mol. The normalized spacial score (nSPS) is 12.8. The Kier molecular flexibility index (Phi) is 16.1. The number of amides is 4. The second-order valence-corrected chi connectivity index (χ2v) is 11.9. The second-order valence-electron chi connectivity index (χ2n) is 11.9.